The first-order valence-corrected chi connectivity index (χ1v) is 7.08. The number of para-hydroxylation sites is 1. The van der Waals surface area contributed by atoms with Gasteiger partial charge in [0.05, 0.1) is 6.21 Å². The van der Waals surface area contributed by atoms with E-state index in [0.29, 0.717) is 0 Å². The zero-order valence-electron chi connectivity index (χ0n) is 11.7. The number of amides is 2. The quantitative estimate of drug-likeness (QED) is 0.657. The summed E-state index contributed by atoms with van der Waals surface area (Å²) in [5.41, 5.74) is 7.04. The van der Waals surface area contributed by atoms with E-state index in [1.807, 2.05) is 36.4 Å². The molecule has 2 N–H and O–H groups in total. The molecule has 0 spiro atoms. The van der Waals surface area contributed by atoms with Gasteiger partial charge in [-0.25, -0.2) is 10.2 Å². The van der Waals surface area contributed by atoms with Gasteiger partial charge in [0, 0.05) is 5.69 Å². The topological polar surface area (TPSA) is 53.5 Å². The van der Waals surface area contributed by atoms with Crippen LogP contribution in [0.25, 0.3) is 0 Å². The number of nitrogens with zero attached hydrogens (tertiary/aromatic N) is 1. The summed E-state index contributed by atoms with van der Waals surface area (Å²) < 4.78 is 0. The minimum absolute atomic E-state index is 0.349. The van der Waals surface area contributed by atoms with E-state index in [2.05, 4.69) is 28.0 Å². The monoisotopic (exact) mass is 279 g/mol. The minimum atomic E-state index is -0.349. The van der Waals surface area contributed by atoms with Crippen molar-refractivity contribution in [1.82, 2.24) is 5.43 Å². The molecule has 0 saturated carbocycles. The molecule has 0 aromatic heterocycles. The predicted molar refractivity (Wildman–Crippen MR) is 84.7 cm³/mol. The highest BCUT2D eigenvalue weighted by Crippen LogP contribution is 2.22. The maximum atomic E-state index is 11.7. The van der Waals surface area contributed by atoms with E-state index in [0.717, 1.165) is 17.7 Å². The molecular weight excluding hydrogens is 262 g/mol. The van der Waals surface area contributed by atoms with Gasteiger partial charge < -0.3 is 5.32 Å². The van der Waals surface area contributed by atoms with Gasteiger partial charge >= 0.3 is 6.03 Å². The number of hydrogen-bond acceptors (Lipinski definition) is 2. The Kier molecular flexibility index (Phi) is 3.96. The molecule has 21 heavy (non-hydrogen) atoms. The first-order chi connectivity index (χ1) is 10.3. The lowest BCUT2D eigenvalue weighted by atomic mass is 10.1. The van der Waals surface area contributed by atoms with E-state index in [9.17, 15) is 4.79 Å². The Labute approximate surface area is 123 Å². The molecule has 0 radical (unpaired) electrons. The van der Waals surface area contributed by atoms with Crippen LogP contribution in [-0.4, -0.2) is 12.2 Å². The molecule has 2 aromatic carbocycles. The molecule has 106 valence electrons. The van der Waals surface area contributed by atoms with Crippen LogP contribution >= 0.6 is 0 Å². The van der Waals surface area contributed by atoms with Crippen LogP contribution in [0.3, 0.4) is 0 Å². The molecule has 1 aliphatic rings. The highest BCUT2D eigenvalue weighted by molar-refractivity contribution is 5.90. The fourth-order valence-electron chi connectivity index (χ4n) is 2.52. The number of carbonyl (C=O) groups is 1. The molecule has 0 heterocycles. The van der Waals surface area contributed by atoms with Gasteiger partial charge in [0.15, 0.2) is 0 Å². The number of aryl methyl sites for hydroxylation is 2. The maximum Gasteiger partial charge on any atom is 0.339 e. The zero-order valence-corrected chi connectivity index (χ0v) is 11.7. The van der Waals surface area contributed by atoms with Crippen LogP contribution in [0.1, 0.15) is 23.1 Å². The number of benzene rings is 2. The first-order valence-electron chi connectivity index (χ1n) is 7.08. The third-order valence-electron chi connectivity index (χ3n) is 3.53. The van der Waals surface area contributed by atoms with Crippen LogP contribution in [0.4, 0.5) is 10.5 Å². The van der Waals surface area contributed by atoms with Gasteiger partial charge in [-0.05, 0) is 54.2 Å². The lowest BCUT2D eigenvalue weighted by Gasteiger charge is -2.03. The molecule has 0 aliphatic heterocycles. The molecular formula is C17H17N3O. The molecule has 2 amide bonds. The molecule has 0 saturated heterocycles. The van der Waals surface area contributed by atoms with Gasteiger partial charge in [-0.15, -0.1) is 0 Å². The SMILES string of the molecule is O=C(N/N=C\c1ccc2c(c1)CCC2)Nc1ccccc1. The smallest absolute Gasteiger partial charge is 0.307 e. The second kappa shape index (κ2) is 6.22. The number of anilines is 1. The number of rotatable bonds is 3. The van der Waals surface area contributed by atoms with Crippen LogP contribution in [0.15, 0.2) is 53.6 Å². The number of urea groups is 1. The summed E-state index contributed by atoms with van der Waals surface area (Å²) >= 11 is 0. The zero-order chi connectivity index (χ0) is 14.5. The van der Waals surface area contributed by atoms with E-state index < -0.39 is 0 Å². The summed E-state index contributed by atoms with van der Waals surface area (Å²) in [4.78, 5) is 11.7. The van der Waals surface area contributed by atoms with Gasteiger partial charge in [0.1, 0.15) is 0 Å². The first kappa shape index (κ1) is 13.4. The van der Waals surface area contributed by atoms with Crippen LogP contribution < -0.4 is 10.7 Å². The summed E-state index contributed by atoms with van der Waals surface area (Å²) in [6, 6.07) is 15.2. The van der Waals surface area contributed by atoms with E-state index in [1.165, 1.54) is 24.0 Å². The van der Waals surface area contributed by atoms with Gasteiger partial charge in [0.25, 0.3) is 0 Å². The minimum Gasteiger partial charge on any atom is -0.307 e. The summed E-state index contributed by atoms with van der Waals surface area (Å²) in [6.07, 6.45) is 5.21. The largest absolute Gasteiger partial charge is 0.339 e. The van der Waals surface area contributed by atoms with Gasteiger partial charge in [0.2, 0.25) is 0 Å². The second-order valence-corrected chi connectivity index (χ2v) is 5.07. The third-order valence-corrected chi connectivity index (χ3v) is 3.53. The highest BCUT2D eigenvalue weighted by atomic mass is 16.2. The molecule has 1 aliphatic carbocycles. The number of hydrazone groups is 1. The Morgan fingerprint density at radius 1 is 1.05 bits per heavy atom. The van der Waals surface area contributed by atoms with Crippen LogP contribution in [0.2, 0.25) is 0 Å². The van der Waals surface area contributed by atoms with E-state index in [4.69, 9.17) is 0 Å². The fourth-order valence-corrected chi connectivity index (χ4v) is 2.52. The number of carbonyl (C=O) groups excluding carboxylic acids is 1. The van der Waals surface area contributed by atoms with E-state index >= 15 is 0 Å². The molecule has 2 aromatic rings. The highest BCUT2D eigenvalue weighted by Gasteiger charge is 2.09. The van der Waals surface area contributed by atoms with Crippen LogP contribution in [0, 0.1) is 0 Å². The van der Waals surface area contributed by atoms with E-state index in [1.54, 1.807) is 6.21 Å². The van der Waals surface area contributed by atoms with Crippen molar-refractivity contribution >= 4 is 17.9 Å². The number of hydrogen-bond donors (Lipinski definition) is 2. The van der Waals surface area contributed by atoms with Crippen molar-refractivity contribution < 1.29 is 4.79 Å². The van der Waals surface area contributed by atoms with Crippen LogP contribution in [0.5, 0.6) is 0 Å². The van der Waals surface area contributed by atoms with Gasteiger partial charge in [-0.3, -0.25) is 0 Å². The average Bonchev–Trinajstić information content (AvgIpc) is 2.96. The van der Waals surface area contributed by atoms with Crippen LogP contribution in [-0.2, 0) is 12.8 Å². The number of nitrogens with one attached hydrogen (secondary N) is 2. The maximum absolute atomic E-state index is 11.7. The summed E-state index contributed by atoms with van der Waals surface area (Å²) in [7, 11) is 0. The van der Waals surface area contributed by atoms with Crippen molar-refractivity contribution in [3.63, 3.8) is 0 Å². The van der Waals surface area contributed by atoms with E-state index in [-0.39, 0.29) is 6.03 Å². The lowest BCUT2D eigenvalue weighted by molar-refractivity contribution is 0.252. The summed E-state index contributed by atoms with van der Waals surface area (Å²) in [5.74, 6) is 0. The number of fused-ring (bicyclic) bond motifs is 1. The second-order valence-electron chi connectivity index (χ2n) is 5.07. The van der Waals surface area contributed by atoms with Crippen molar-refractivity contribution in [2.75, 3.05) is 5.32 Å². The predicted octanol–water partition coefficient (Wildman–Crippen LogP) is 3.33. The Balaban J connectivity index is 1.56. The van der Waals surface area contributed by atoms with Crippen molar-refractivity contribution in [2.24, 2.45) is 5.10 Å². The standard InChI is InChI=1S/C17H17N3O/c21-17(19-16-7-2-1-3-8-16)20-18-12-13-9-10-14-5-4-6-15(14)11-13/h1-3,7-12H,4-6H2,(H2,19,20,21)/b18-12-. The molecule has 4 nitrogen and oxygen atoms in total. The Hall–Kier alpha value is -2.62. The van der Waals surface area contributed by atoms with Crippen molar-refractivity contribution in [3.05, 3.63) is 65.2 Å². The normalized spacial score (nSPS) is 13.1. The Morgan fingerprint density at radius 2 is 1.86 bits per heavy atom. The Bertz CT molecular complexity index is 665. The van der Waals surface area contributed by atoms with Crippen molar-refractivity contribution in [3.8, 4) is 0 Å². The molecule has 0 bridgehead atoms. The average molecular weight is 279 g/mol. The molecule has 0 fully saturated rings. The molecule has 4 heteroatoms. The van der Waals surface area contributed by atoms with Gasteiger partial charge in [-0.1, -0.05) is 30.3 Å². The summed E-state index contributed by atoms with van der Waals surface area (Å²) in [5, 5.41) is 6.68. The van der Waals surface area contributed by atoms with Crippen molar-refractivity contribution in [1.29, 1.82) is 0 Å². The lowest BCUT2D eigenvalue weighted by Crippen LogP contribution is -2.24. The molecule has 3 rings (SSSR count). The molecule has 0 unspecified atom stereocenters. The van der Waals surface area contributed by atoms with Gasteiger partial charge in [-0.2, -0.15) is 5.10 Å². The van der Waals surface area contributed by atoms with Crippen molar-refractivity contribution in [2.45, 2.75) is 19.3 Å². The summed E-state index contributed by atoms with van der Waals surface area (Å²) in [6.45, 7) is 0. The third kappa shape index (κ3) is 3.48. The fraction of sp³-hybridized carbons (Fsp3) is 0.176. The Morgan fingerprint density at radius 3 is 2.71 bits per heavy atom. The molecule has 0 atom stereocenters.